The summed E-state index contributed by atoms with van der Waals surface area (Å²) in [4.78, 5) is 25.1. The SMILES string of the molecule is O=C(c1cccc(Cl)c1)N1CCC2(CC1)N=C(c1cccc(Br)c1)NO2. The molecule has 2 aromatic rings. The molecule has 1 amide bonds. The highest BCUT2D eigenvalue weighted by Crippen LogP contribution is 2.32. The Morgan fingerprint density at radius 3 is 2.69 bits per heavy atom. The van der Waals surface area contributed by atoms with E-state index in [1.807, 2.05) is 29.2 Å². The van der Waals surface area contributed by atoms with Crippen LogP contribution in [0.3, 0.4) is 0 Å². The smallest absolute Gasteiger partial charge is 0.253 e. The summed E-state index contributed by atoms with van der Waals surface area (Å²) in [6, 6.07) is 14.9. The van der Waals surface area contributed by atoms with E-state index in [1.54, 1.807) is 24.3 Å². The fourth-order valence-electron chi connectivity index (χ4n) is 3.23. The predicted octanol–water partition coefficient (Wildman–Crippen LogP) is 4.02. The van der Waals surface area contributed by atoms with Gasteiger partial charge < -0.3 is 4.90 Å². The number of carbonyl (C=O) groups is 1. The number of likely N-dealkylation sites (tertiary alicyclic amines) is 1. The molecule has 4 rings (SSSR count). The van der Waals surface area contributed by atoms with Crippen molar-refractivity contribution in [3.63, 3.8) is 0 Å². The molecule has 0 unspecified atom stereocenters. The molecule has 1 fully saturated rings. The molecule has 2 aliphatic heterocycles. The van der Waals surface area contributed by atoms with Gasteiger partial charge in [0.15, 0.2) is 11.6 Å². The molecular formula is C19H17BrClN3O2. The van der Waals surface area contributed by atoms with Crippen molar-refractivity contribution < 1.29 is 9.63 Å². The fourth-order valence-corrected chi connectivity index (χ4v) is 3.82. The molecule has 26 heavy (non-hydrogen) atoms. The Labute approximate surface area is 165 Å². The summed E-state index contributed by atoms with van der Waals surface area (Å²) in [6.07, 6.45) is 1.29. The van der Waals surface area contributed by atoms with Crippen LogP contribution < -0.4 is 5.48 Å². The summed E-state index contributed by atoms with van der Waals surface area (Å²) in [7, 11) is 0. The number of rotatable bonds is 2. The van der Waals surface area contributed by atoms with Gasteiger partial charge in [-0.05, 0) is 30.3 Å². The second kappa shape index (κ2) is 7.02. The van der Waals surface area contributed by atoms with E-state index >= 15 is 0 Å². The molecule has 1 N–H and O–H groups in total. The molecule has 0 radical (unpaired) electrons. The van der Waals surface area contributed by atoms with Crippen LogP contribution in [0.2, 0.25) is 5.02 Å². The van der Waals surface area contributed by atoms with Crippen LogP contribution in [0.25, 0.3) is 0 Å². The lowest BCUT2D eigenvalue weighted by Crippen LogP contribution is -2.46. The van der Waals surface area contributed by atoms with Gasteiger partial charge in [-0.15, -0.1) is 0 Å². The molecule has 1 saturated heterocycles. The normalized spacial score (nSPS) is 18.5. The molecule has 0 aromatic heterocycles. The number of hydroxylamine groups is 1. The van der Waals surface area contributed by atoms with Gasteiger partial charge in [-0.25, -0.2) is 15.3 Å². The van der Waals surface area contributed by atoms with Gasteiger partial charge >= 0.3 is 0 Å². The molecule has 0 saturated carbocycles. The van der Waals surface area contributed by atoms with Crippen molar-refractivity contribution in [1.29, 1.82) is 0 Å². The standard InChI is InChI=1S/C19H17BrClN3O2/c20-15-5-1-3-13(11-15)17-22-19(26-23-17)7-9-24(10-8-19)18(25)14-4-2-6-16(21)12-14/h1-6,11-12H,7-10H2,(H,22,23). The maximum Gasteiger partial charge on any atom is 0.253 e. The van der Waals surface area contributed by atoms with Crippen molar-refractivity contribution in [3.05, 3.63) is 69.2 Å². The number of amidine groups is 1. The van der Waals surface area contributed by atoms with Crippen LogP contribution in [0.15, 0.2) is 58.0 Å². The third-order valence-corrected chi connectivity index (χ3v) is 5.38. The van der Waals surface area contributed by atoms with Crippen molar-refractivity contribution in [2.45, 2.75) is 18.6 Å². The number of aliphatic imine (C=N–C) groups is 1. The van der Waals surface area contributed by atoms with Crippen molar-refractivity contribution in [1.82, 2.24) is 10.4 Å². The molecule has 7 heteroatoms. The van der Waals surface area contributed by atoms with Gasteiger partial charge in [0.2, 0.25) is 0 Å². The summed E-state index contributed by atoms with van der Waals surface area (Å²) in [5, 5.41) is 0.566. The number of benzene rings is 2. The van der Waals surface area contributed by atoms with Gasteiger partial charge in [-0.2, -0.15) is 0 Å². The lowest BCUT2D eigenvalue weighted by atomic mass is 10.00. The van der Waals surface area contributed by atoms with Crippen LogP contribution in [0.5, 0.6) is 0 Å². The summed E-state index contributed by atoms with van der Waals surface area (Å²) in [6.45, 7) is 1.17. The van der Waals surface area contributed by atoms with E-state index in [1.165, 1.54) is 0 Å². The Bertz CT molecular complexity index is 879. The maximum absolute atomic E-state index is 12.6. The molecule has 5 nitrogen and oxygen atoms in total. The molecule has 2 heterocycles. The van der Waals surface area contributed by atoms with Crippen molar-refractivity contribution in [2.75, 3.05) is 13.1 Å². The van der Waals surface area contributed by atoms with Gasteiger partial charge in [0.05, 0.1) is 0 Å². The van der Waals surface area contributed by atoms with Gasteiger partial charge in [0.25, 0.3) is 5.91 Å². The summed E-state index contributed by atoms with van der Waals surface area (Å²) in [5.74, 6) is 0.713. The van der Waals surface area contributed by atoms with Crippen LogP contribution in [-0.2, 0) is 4.84 Å². The lowest BCUT2D eigenvalue weighted by Gasteiger charge is -2.35. The van der Waals surface area contributed by atoms with E-state index in [-0.39, 0.29) is 5.91 Å². The number of hydrogen-bond donors (Lipinski definition) is 1. The van der Waals surface area contributed by atoms with Crippen molar-refractivity contribution in [2.24, 2.45) is 4.99 Å². The quantitative estimate of drug-likeness (QED) is 0.777. The van der Waals surface area contributed by atoms with Crippen LogP contribution in [0, 0.1) is 0 Å². The number of halogens is 2. The molecule has 0 aliphatic carbocycles. The molecule has 2 aliphatic rings. The van der Waals surface area contributed by atoms with Crippen LogP contribution in [0.4, 0.5) is 0 Å². The highest BCUT2D eigenvalue weighted by molar-refractivity contribution is 9.10. The first-order chi connectivity index (χ1) is 12.5. The largest absolute Gasteiger partial charge is 0.338 e. The minimum atomic E-state index is -0.608. The summed E-state index contributed by atoms with van der Waals surface area (Å²) >= 11 is 9.46. The number of nitrogens with one attached hydrogen (secondary N) is 1. The molecule has 0 bridgehead atoms. The third kappa shape index (κ3) is 3.49. The first kappa shape index (κ1) is 17.5. The topological polar surface area (TPSA) is 53.9 Å². The molecule has 2 aromatic carbocycles. The monoisotopic (exact) mass is 433 g/mol. The lowest BCUT2D eigenvalue weighted by molar-refractivity contribution is -0.0849. The van der Waals surface area contributed by atoms with E-state index in [0.717, 1.165) is 15.9 Å². The second-order valence-electron chi connectivity index (χ2n) is 6.42. The molecule has 0 atom stereocenters. The zero-order chi connectivity index (χ0) is 18.1. The maximum atomic E-state index is 12.6. The Hall–Kier alpha value is -1.89. The average Bonchev–Trinajstić information content (AvgIpc) is 3.06. The van der Waals surface area contributed by atoms with Crippen LogP contribution >= 0.6 is 27.5 Å². The van der Waals surface area contributed by atoms with E-state index in [0.29, 0.717) is 36.5 Å². The summed E-state index contributed by atoms with van der Waals surface area (Å²) < 4.78 is 0.988. The zero-order valence-electron chi connectivity index (χ0n) is 13.9. The van der Waals surface area contributed by atoms with E-state index in [2.05, 4.69) is 21.4 Å². The van der Waals surface area contributed by atoms with Gasteiger partial charge in [-0.1, -0.05) is 45.7 Å². The van der Waals surface area contributed by atoms with E-state index < -0.39 is 5.72 Å². The zero-order valence-corrected chi connectivity index (χ0v) is 16.3. The van der Waals surface area contributed by atoms with Crippen LogP contribution in [0.1, 0.15) is 28.8 Å². The van der Waals surface area contributed by atoms with E-state index in [4.69, 9.17) is 21.4 Å². The Morgan fingerprint density at radius 2 is 1.96 bits per heavy atom. The number of amides is 1. The van der Waals surface area contributed by atoms with Crippen molar-refractivity contribution in [3.8, 4) is 0 Å². The average molecular weight is 435 g/mol. The predicted molar refractivity (Wildman–Crippen MR) is 104 cm³/mol. The molecule has 134 valence electrons. The first-order valence-electron chi connectivity index (χ1n) is 8.39. The molecule has 1 spiro atoms. The minimum absolute atomic E-state index is 0.00972. The number of carbonyl (C=O) groups excluding carboxylic acids is 1. The van der Waals surface area contributed by atoms with Gasteiger partial charge in [-0.3, -0.25) is 4.79 Å². The van der Waals surface area contributed by atoms with Gasteiger partial charge in [0, 0.05) is 46.6 Å². The Morgan fingerprint density at radius 1 is 1.19 bits per heavy atom. The van der Waals surface area contributed by atoms with Gasteiger partial charge in [0.1, 0.15) is 0 Å². The fraction of sp³-hybridized carbons (Fsp3) is 0.263. The molecular weight excluding hydrogens is 418 g/mol. The van der Waals surface area contributed by atoms with Crippen molar-refractivity contribution >= 4 is 39.3 Å². The third-order valence-electron chi connectivity index (χ3n) is 4.65. The summed E-state index contributed by atoms with van der Waals surface area (Å²) in [5.41, 5.74) is 3.92. The Kier molecular flexibility index (Phi) is 4.73. The minimum Gasteiger partial charge on any atom is -0.338 e. The van der Waals surface area contributed by atoms with E-state index in [9.17, 15) is 4.79 Å². The Balaban J connectivity index is 1.46. The van der Waals surface area contributed by atoms with Crippen LogP contribution in [-0.4, -0.2) is 35.5 Å². The highest BCUT2D eigenvalue weighted by atomic mass is 79.9. The second-order valence-corrected chi connectivity index (χ2v) is 7.78. The highest BCUT2D eigenvalue weighted by Gasteiger charge is 2.41. The first-order valence-corrected chi connectivity index (χ1v) is 9.56. The number of hydrogen-bond acceptors (Lipinski definition) is 4. The number of piperidine rings is 1. The number of nitrogens with zero attached hydrogens (tertiary/aromatic N) is 2.